The van der Waals surface area contributed by atoms with Crippen LogP contribution in [0.4, 0.5) is 4.39 Å². The molecule has 14 heavy (non-hydrogen) atoms. The zero-order chi connectivity index (χ0) is 10.4. The molecule has 1 saturated heterocycles. The molecule has 0 aromatic heterocycles. The van der Waals surface area contributed by atoms with Gasteiger partial charge in [0.15, 0.2) is 0 Å². The molecular formula is C11H18FNO. The summed E-state index contributed by atoms with van der Waals surface area (Å²) in [6.45, 7) is 3.76. The Bertz CT molecular complexity index is 204. The fraction of sp³-hybridized carbons (Fsp3) is 0.818. The molecule has 0 saturated carbocycles. The van der Waals surface area contributed by atoms with Gasteiger partial charge in [0.2, 0.25) is 0 Å². The number of hydrogen-bond donors (Lipinski definition) is 1. The van der Waals surface area contributed by atoms with Crippen LogP contribution < -0.4 is 5.32 Å². The van der Waals surface area contributed by atoms with Gasteiger partial charge in [-0.1, -0.05) is 0 Å². The Balaban J connectivity index is 2.29. The van der Waals surface area contributed by atoms with E-state index in [1.165, 1.54) is 0 Å². The zero-order valence-corrected chi connectivity index (χ0v) is 8.68. The average Bonchev–Trinajstić information content (AvgIpc) is 2.16. The molecule has 0 aliphatic carbocycles. The van der Waals surface area contributed by atoms with Crippen molar-refractivity contribution in [3.63, 3.8) is 0 Å². The highest BCUT2D eigenvalue weighted by atomic mass is 19.1. The van der Waals surface area contributed by atoms with E-state index in [0.717, 1.165) is 13.2 Å². The van der Waals surface area contributed by atoms with E-state index >= 15 is 0 Å². The van der Waals surface area contributed by atoms with Crippen LogP contribution in [0.2, 0.25) is 0 Å². The van der Waals surface area contributed by atoms with Crippen LogP contribution in [-0.4, -0.2) is 31.5 Å². The third kappa shape index (κ3) is 4.08. The van der Waals surface area contributed by atoms with Crippen molar-refractivity contribution in [3.05, 3.63) is 0 Å². The smallest absolute Gasteiger partial charge is 0.110 e. The minimum atomic E-state index is -1.18. The summed E-state index contributed by atoms with van der Waals surface area (Å²) in [5, 5.41) is 3.23. The van der Waals surface area contributed by atoms with Crippen LogP contribution >= 0.6 is 0 Å². The maximum Gasteiger partial charge on any atom is 0.110 e. The highest BCUT2D eigenvalue weighted by Gasteiger charge is 2.28. The zero-order valence-electron chi connectivity index (χ0n) is 8.68. The first-order chi connectivity index (χ1) is 6.64. The number of nitrogens with one attached hydrogen (secondary N) is 1. The van der Waals surface area contributed by atoms with E-state index in [9.17, 15) is 4.39 Å². The molecule has 0 bridgehead atoms. The molecule has 1 N–H and O–H groups in total. The highest BCUT2D eigenvalue weighted by molar-refractivity contribution is 4.90. The van der Waals surface area contributed by atoms with Gasteiger partial charge in [-0.05, 0) is 19.8 Å². The van der Waals surface area contributed by atoms with Gasteiger partial charge in [0.1, 0.15) is 5.67 Å². The van der Waals surface area contributed by atoms with E-state index in [0.29, 0.717) is 25.9 Å². The molecule has 1 rings (SSSR count). The Morgan fingerprint density at radius 2 is 2.50 bits per heavy atom. The van der Waals surface area contributed by atoms with Crippen molar-refractivity contribution in [1.29, 1.82) is 0 Å². The summed E-state index contributed by atoms with van der Waals surface area (Å²) in [5.41, 5.74) is -1.18. The second kappa shape index (κ2) is 5.33. The highest BCUT2D eigenvalue weighted by Crippen LogP contribution is 2.24. The number of morpholine rings is 1. The van der Waals surface area contributed by atoms with Crippen molar-refractivity contribution in [1.82, 2.24) is 5.32 Å². The predicted molar refractivity (Wildman–Crippen MR) is 54.8 cm³/mol. The van der Waals surface area contributed by atoms with Crippen molar-refractivity contribution >= 4 is 0 Å². The Morgan fingerprint density at radius 3 is 3.07 bits per heavy atom. The van der Waals surface area contributed by atoms with E-state index in [4.69, 9.17) is 11.2 Å². The third-order valence-electron chi connectivity index (χ3n) is 2.46. The van der Waals surface area contributed by atoms with E-state index in [-0.39, 0.29) is 6.04 Å². The summed E-state index contributed by atoms with van der Waals surface area (Å²) >= 11 is 0. The van der Waals surface area contributed by atoms with Crippen LogP contribution in [0.15, 0.2) is 0 Å². The Hall–Kier alpha value is -0.590. The van der Waals surface area contributed by atoms with Crippen LogP contribution in [0, 0.1) is 12.3 Å². The van der Waals surface area contributed by atoms with Gasteiger partial charge in [-0.3, -0.25) is 0 Å². The van der Waals surface area contributed by atoms with Crippen molar-refractivity contribution in [2.75, 3.05) is 19.8 Å². The van der Waals surface area contributed by atoms with Gasteiger partial charge < -0.3 is 10.1 Å². The lowest BCUT2D eigenvalue weighted by Crippen LogP contribution is -2.44. The molecule has 80 valence electrons. The van der Waals surface area contributed by atoms with Crippen LogP contribution in [0.25, 0.3) is 0 Å². The second-order valence-corrected chi connectivity index (χ2v) is 4.05. The Morgan fingerprint density at radius 1 is 1.71 bits per heavy atom. The van der Waals surface area contributed by atoms with E-state index in [2.05, 4.69) is 11.2 Å². The fourth-order valence-electron chi connectivity index (χ4n) is 1.70. The lowest BCUT2D eigenvalue weighted by molar-refractivity contribution is 0.0463. The molecule has 0 radical (unpaired) electrons. The van der Waals surface area contributed by atoms with Gasteiger partial charge in [0, 0.05) is 19.0 Å². The van der Waals surface area contributed by atoms with Crippen molar-refractivity contribution in [2.24, 2.45) is 0 Å². The number of alkyl halides is 1. The van der Waals surface area contributed by atoms with Crippen LogP contribution in [0.5, 0.6) is 0 Å². The molecule has 0 spiro atoms. The van der Waals surface area contributed by atoms with Gasteiger partial charge in [-0.25, -0.2) is 4.39 Å². The predicted octanol–water partition coefficient (Wildman–Crippen LogP) is 1.51. The SMILES string of the molecule is C#CCCC(C)(F)CC1COCCN1. The van der Waals surface area contributed by atoms with Crippen molar-refractivity contribution in [2.45, 2.75) is 37.9 Å². The lowest BCUT2D eigenvalue weighted by atomic mass is 9.94. The molecule has 2 nitrogen and oxygen atoms in total. The molecule has 1 fully saturated rings. The maximum atomic E-state index is 13.9. The molecule has 1 heterocycles. The van der Waals surface area contributed by atoms with Crippen LogP contribution in [0.1, 0.15) is 26.2 Å². The fourth-order valence-corrected chi connectivity index (χ4v) is 1.70. The maximum absolute atomic E-state index is 13.9. The molecule has 1 aliphatic rings. The molecule has 2 unspecified atom stereocenters. The van der Waals surface area contributed by atoms with Gasteiger partial charge >= 0.3 is 0 Å². The van der Waals surface area contributed by atoms with Crippen molar-refractivity contribution < 1.29 is 9.13 Å². The molecule has 1 aliphatic heterocycles. The number of hydrogen-bond acceptors (Lipinski definition) is 2. The van der Waals surface area contributed by atoms with E-state index < -0.39 is 5.67 Å². The summed E-state index contributed by atoms with van der Waals surface area (Å²) in [4.78, 5) is 0. The molecule has 3 heteroatoms. The summed E-state index contributed by atoms with van der Waals surface area (Å²) in [7, 11) is 0. The average molecular weight is 199 g/mol. The van der Waals surface area contributed by atoms with Crippen LogP contribution in [-0.2, 0) is 4.74 Å². The minimum Gasteiger partial charge on any atom is -0.379 e. The number of ether oxygens (including phenoxy) is 1. The first-order valence-corrected chi connectivity index (χ1v) is 5.07. The number of terminal acetylenes is 1. The Labute approximate surface area is 85.2 Å². The summed E-state index contributed by atoms with van der Waals surface area (Å²) in [6.07, 6.45) is 6.53. The number of halogens is 1. The first kappa shape index (κ1) is 11.5. The first-order valence-electron chi connectivity index (χ1n) is 5.07. The molecule has 0 aromatic carbocycles. The van der Waals surface area contributed by atoms with Gasteiger partial charge in [-0.2, -0.15) is 0 Å². The van der Waals surface area contributed by atoms with E-state index in [1.54, 1.807) is 6.92 Å². The van der Waals surface area contributed by atoms with Crippen LogP contribution in [0.3, 0.4) is 0 Å². The number of rotatable bonds is 4. The lowest BCUT2D eigenvalue weighted by Gasteiger charge is -2.29. The standard InChI is InChI=1S/C11H18FNO/c1-3-4-5-11(2,12)8-10-9-14-7-6-13-10/h1,10,13H,4-9H2,2H3. The van der Waals surface area contributed by atoms with Gasteiger partial charge in [0.05, 0.1) is 13.2 Å². The largest absolute Gasteiger partial charge is 0.379 e. The summed E-state index contributed by atoms with van der Waals surface area (Å²) in [5.74, 6) is 2.47. The summed E-state index contributed by atoms with van der Waals surface area (Å²) in [6, 6.07) is 0.136. The minimum absolute atomic E-state index is 0.136. The third-order valence-corrected chi connectivity index (χ3v) is 2.46. The normalized spacial score (nSPS) is 26.5. The quantitative estimate of drug-likeness (QED) is 0.693. The summed E-state index contributed by atoms with van der Waals surface area (Å²) < 4.78 is 19.1. The van der Waals surface area contributed by atoms with Crippen molar-refractivity contribution in [3.8, 4) is 12.3 Å². The van der Waals surface area contributed by atoms with E-state index in [1.807, 2.05) is 0 Å². The second-order valence-electron chi connectivity index (χ2n) is 4.05. The Kier molecular flexibility index (Phi) is 4.37. The monoisotopic (exact) mass is 199 g/mol. The topological polar surface area (TPSA) is 21.3 Å². The van der Waals surface area contributed by atoms with Gasteiger partial charge in [-0.15, -0.1) is 12.3 Å². The van der Waals surface area contributed by atoms with Gasteiger partial charge in [0.25, 0.3) is 0 Å². The molecule has 0 amide bonds. The molecule has 0 aromatic rings. The molecule has 2 atom stereocenters. The molecular weight excluding hydrogens is 181 g/mol.